The summed E-state index contributed by atoms with van der Waals surface area (Å²) in [7, 11) is 0. The second kappa shape index (κ2) is 8.91. The van der Waals surface area contributed by atoms with Crippen molar-refractivity contribution in [3.05, 3.63) is 81.5 Å². The number of rotatable bonds is 7. The average Bonchev–Trinajstić information content (AvgIpc) is 3.28. The molecule has 1 aliphatic heterocycles. The number of nitrogens with zero attached hydrogens (tertiary/aromatic N) is 3. The summed E-state index contributed by atoms with van der Waals surface area (Å²) in [6.45, 7) is 0.549. The Hall–Kier alpha value is -3.16. The van der Waals surface area contributed by atoms with Crippen molar-refractivity contribution in [2.24, 2.45) is 0 Å². The van der Waals surface area contributed by atoms with Gasteiger partial charge in [0, 0.05) is 29.1 Å². The van der Waals surface area contributed by atoms with Gasteiger partial charge in [-0.25, -0.2) is 4.68 Å². The lowest BCUT2D eigenvalue weighted by Gasteiger charge is -2.14. The molecule has 0 atom stereocenters. The molecule has 0 unspecified atom stereocenters. The number of halogens is 2. The lowest BCUT2D eigenvalue weighted by atomic mass is 10.1. The molecule has 0 radical (unpaired) electrons. The van der Waals surface area contributed by atoms with E-state index in [2.05, 4.69) is 10.4 Å². The van der Waals surface area contributed by atoms with E-state index < -0.39 is 0 Å². The van der Waals surface area contributed by atoms with E-state index in [0.29, 0.717) is 40.0 Å². The van der Waals surface area contributed by atoms with Crippen LogP contribution in [0, 0.1) is 0 Å². The first kappa shape index (κ1) is 21.1. The topological polar surface area (TPSA) is 84.3 Å². The Kier molecular flexibility index (Phi) is 6.06. The zero-order valence-corrected chi connectivity index (χ0v) is 17.9. The molecular weight excluding hydrogens is 439 g/mol. The minimum absolute atomic E-state index is 0.153. The van der Waals surface area contributed by atoms with E-state index in [1.807, 2.05) is 0 Å². The number of nitrogens with one attached hydrogen (secondary N) is 1. The summed E-state index contributed by atoms with van der Waals surface area (Å²) in [6.07, 6.45) is 2.09. The molecule has 0 fully saturated rings. The molecule has 2 aromatic carbocycles. The second-order valence-corrected chi connectivity index (χ2v) is 7.91. The Morgan fingerprint density at radius 3 is 2.39 bits per heavy atom. The quantitative estimate of drug-likeness (QED) is 0.538. The maximum absolute atomic E-state index is 12.4. The van der Waals surface area contributed by atoms with Crippen LogP contribution in [0.25, 0.3) is 0 Å². The summed E-state index contributed by atoms with van der Waals surface area (Å²) < 4.78 is 1.62. The Labute approximate surface area is 188 Å². The van der Waals surface area contributed by atoms with Crippen LogP contribution in [0.1, 0.15) is 39.1 Å². The lowest BCUT2D eigenvalue weighted by molar-refractivity contribution is -0.116. The van der Waals surface area contributed by atoms with E-state index in [-0.39, 0.29) is 30.7 Å². The fourth-order valence-electron chi connectivity index (χ4n) is 3.42. The third-order valence-electron chi connectivity index (χ3n) is 4.98. The van der Waals surface area contributed by atoms with Gasteiger partial charge < -0.3 is 5.32 Å². The monoisotopic (exact) mass is 456 g/mol. The highest BCUT2D eigenvalue weighted by Gasteiger charge is 2.34. The van der Waals surface area contributed by atoms with Crippen LogP contribution in [0.15, 0.2) is 54.7 Å². The van der Waals surface area contributed by atoms with Crippen LogP contribution in [0.2, 0.25) is 10.0 Å². The van der Waals surface area contributed by atoms with Crippen molar-refractivity contribution in [2.45, 2.75) is 19.4 Å². The predicted molar refractivity (Wildman–Crippen MR) is 117 cm³/mol. The van der Waals surface area contributed by atoms with Gasteiger partial charge in [0.25, 0.3) is 11.8 Å². The van der Waals surface area contributed by atoms with E-state index >= 15 is 0 Å². The highest BCUT2D eigenvalue weighted by atomic mass is 35.5. The largest absolute Gasteiger partial charge is 0.311 e. The van der Waals surface area contributed by atoms with Gasteiger partial charge in [0.1, 0.15) is 5.82 Å². The first-order valence-corrected chi connectivity index (χ1v) is 10.4. The number of hydrogen-bond donors (Lipinski definition) is 1. The van der Waals surface area contributed by atoms with Gasteiger partial charge in [0.2, 0.25) is 5.91 Å². The minimum atomic E-state index is -0.320. The molecule has 0 aliphatic carbocycles. The van der Waals surface area contributed by atoms with E-state index in [1.165, 1.54) is 4.90 Å². The fraction of sp³-hybridized carbons (Fsp3) is 0.182. The summed E-state index contributed by atoms with van der Waals surface area (Å²) in [5.41, 5.74) is 1.62. The fourth-order valence-corrected chi connectivity index (χ4v) is 3.89. The normalized spacial score (nSPS) is 12.9. The maximum atomic E-state index is 12.4. The molecule has 9 heteroatoms. The SMILES string of the molecule is O=C(CCCN1C(=O)c2ccccc2C1=O)Nc1ccnn1Cc1ccc(Cl)cc1Cl. The molecule has 0 saturated heterocycles. The van der Waals surface area contributed by atoms with Gasteiger partial charge in [-0.15, -0.1) is 0 Å². The standard InChI is InChI=1S/C22H18Cl2N4O3/c23-15-8-7-14(18(24)12-15)13-28-19(9-10-25-28)26-20(29)6-3-11-27-21(30)16-4-1-2-5-17(16)22(27)31/h1-2,4-5,7-10,12H,3,6,11,13H2,(H,26,29). The molecule has 1 N–H and O–H groups in total. The zero-order valence-electron chi connectivity index (χ0n) is 16.3. The van der Waals surface area contributed by atoms with Crippen LogP contribution < -0.4 is 5.32 Å². The van der Waals surface area contributed by atoms with Crippen LogP contribution in [-0.2, 0) is 11.3 Å². The molecular formula is C22H18Cl2N4O3. The molecule has 1 aliphatic rings. The molecule has 3 aromatic rings. The number of aromatic nitrogens is 2. The molecule has 0 spiro atoms. The summed E-state index contributed by atoms with van der Waals surface area (Å²) in [5, 5.41) is 8.09. The summed E-state index contributed by atoms with van der Waals surface area (Å²) in [4.78, 5) is 38.3. The molecule has 1 aromatic heterocycles. The summed E-state index contributed by atoms with van der Waals surface area (Å²) in [6, 6.07) is 13.6. The third-order valence-corrected chi connectivity index (χ3v) is 5.57. The van der Waals surface area contributed by atoms with Gasteiger partial charge in [-0.3, -0.25) is 19.3 Å². The van der Waals surface area contributed by atoms with Crippen molar-refractivity contribution >= 4 is 46.7 Å². The maximum Gasteiger partial charge on any atom is 0.261 e. The predicted octanol–water partition coefficient (Wildman–Crippen LogP) is 4.25. The number of carbonyl (C=O) groups excluding carboxylic acids is 3. The molecule has 31 heavy (non-hydrogen) atoms. The van der Waals surface area contributed by atoms with E-state index in [1.54, 1.807) is 59.4 Å². The first-order valence-electron chi connectivity index (χ1n) is 9.65. The molecule has 3 amide bonds. The smallest absolute Gasteiger partial charge is 0.261 e. The number of benzene rings is 2. The molecule has 158 valence electrons. The van der Waals surface area contributed by atoms with Crippen molar-refractivity contribution in [1.29, 1.82) is 0 Å². The number of imide groups is 1. The van der Waals surface area contributed by atoms with E-state index in [4.69, 9.17) is 23.2 Å². The van der Waals surface area contributed by atoms with Crippen LogP contribution in [0.4, 0.5) is 5.82 Å². The number of fused-ring (bicyclic) bond motifs is 1. The Morgan fingerprint density at radius 1 is 1.00 bits per heavy atom. The van der Waals surface area contributed by atoms with Crippen molar-refractivity contribution < 1.29 is 14.4 Å². The molecule has 2 heterocycles. The average molecular weight is 457 g/mol. The molecule has 0 saturated carbocycles. The van der Waals surface area contributed by atoms with Gasteiger partial charge in [-0.2, -0.15) is 5.10 Å². The summed E-state index contributed by atoms with van der Waals surface area (Å²) in [5.74, 6) is -0.352. The van der Waals surface area contributed by atoms with Gasteiger partial charge in [0.05, 0.1) is 23.9 Å². The van der Waals surface area contributed by atoms with E-state index in [9.17, 15) is 14.4 Å². The number of carbonyl (C=O) groups is 3. The Balaban J connectivity index is 1.32. The lowest BCUT2D eigenvalue weighted by Crippen LogP contribution is -2.31. The van der Waals surface area contributed by atoms with Crippen molar-refractivity contribution in [3.8, 4) is 0 Å². The van der Waals surface area contributed by atoms with Crippen LogP contribution >= 0.6 is 23.2 Å². The molecule has 4 rings (SSSR count). The number of hydrogen-bond acceptors (Lipinski definition) is 4. The molecule has 7 nitrogen and oxygen atoms in total. The van der Waals surface area contributed by atoms with Crippen molar-refractivity contribution in [1.82, 2.24) is 14.7 Å². The Morgan fingerprint density at radius 2 is 1.71 bits per heavy atom. The Bertz CT molecular complexity index is 1140. The second-order valence-electron chi connectivity index (χ2n) is 7.07. The zero-order chi connectivity index (χ0) is 22.0. The van der Waals surface area contributed by atoms with Crippen molar-refractivity contribution in [2.75, 3.05) is 11.9 Å². The van der Waals surface area contributed by atoms with Crippen LogP contribution in [-0.4, -0.2) is 38.9 Å². The van der Waals surface area contributed by atoms with Gasteiger partial charge >= 0.3 is 0 Å². The number of anilines is 1. The van der Waals surface area contributed by atoms with Gasteiger partial charge in [-0.1, -0.05) is 41.4 Å². The third kappa shape index (κ3) is 4.47. The van der Waals surface area contributed by atoms with Gasteiger partial charge in [-0.05, 0) is 36.2 Å². The van der Waals surface area contributed by atoms with Crippen LogP contribution in [0.3, 0.4) is 0 Å². The minimum Gasteiger partial charge on any atom is -0.311 e. The van der Waals surface area contributed by atoms with Gasteiger partial charge in [0.15, 0.2) is 0 Å². The molecule has 0 bridgehead atoms. The van der Waals surface area contributed by atoms with Crippen LogP contribution in [0.5, 0.6) is 0 Å². The highest BCUT2D eigenvalue weighted by molar-refractivity contribution is 6.35. The van der Waals surface area contributed by atoms with E-state index in [0.717, 1.165) is 5.56 Å². The highest BCUT2D eigenvalue weighted by Crippen LogP contribution is 2.24. The summed E-state index contributed by atoms with van der Waals surface area (Å²) >= 11 is 12.1. The first-order chi connectivity index (χ1) is 14.9. The van der Waals surface area contributed by atoms with Crippen molar-refractivity contribution in [3.63, 3.8) is 0 Å². The number of amides is 3.